The summed E-state index contributed by atoms with van der Waals surface area (Å²) in [6.07, 6.45) is 2.66. The third-order valence-electron chi connectivity index (χ3n) is 4.62. The van der Waals surface area contributed by atoms with Gasteiger partial charge < -0.3 is 10.6 Å². The highest BCUT2D eigenvalue weighted by atomic mass is 19.1. The van der Waals surface area contributed by atoms with E-state index >= 15 is 0 Å². The number of hydrogen-bond donors (Lipinski definition) is 3. The van der Waals surface area contributed by atoms with Gasteiger partial charge in [0.1, 0.15) is 17.0 Å². The van der Waals surface area contributed by atoms with Gasteiger partial charge in [-0.25, -0.2) is 13.6 Å². The van der Waals surface area contributed by atoms with Crippen LogP contribution in [0.2, 0.25) is 0 Å². The van der Waals surface area contributed by atoms with Crippen molar-refractivity contribution in [3.63, 3.8) is 0 Å². The van der Waals surface area contributed by atoms with Crippen molar-refractivity contribution < 1.29 is 23.2 Å². The first kappa shape index (κ1) is 17.1. The fraction of sp³-hybridized carbons (Fsp3) is 0.312. The number of rotatable bonds is 5. The van der Waals surface area contributed by atoms with Crippen molar-refractivity contribution >= 4 is 17.8 Å². The van der Waals surface area contributed by atoms with Crippen LogP contribution in [0.3, 0.4) is 0 Å². The Morgan fingerprint density at radius 3 is 2.74 bits per heavy atom. The molecule has 2 fully saturated rings. The number of imide groups is 1. The largest absolute Gasteiger partial charge is 0.348 e. The van der Waals surface area contributed by atoms with E-state index in [0.29, 0.717) is 6.07 Å². The Bertz CT molecular complexity index is 957. The van der Waals surface area contributed by atoms with E-state index in [9.17, 15) is 23.2 Å². The minimum atomic E-state index is -1.17. The third-order valence-corrected chi connectivity index (χ3v) is 4.62. The number of hydrogen-bond acceptors (Lipinski definition) is 5. The molecule has 1 aromatic carbocycles. The van der Waals surface area contributed by atoms with E-state index in [-0.39, 0.29) is 23.8 Å². The van der Waals surface area contributed by atoms with Gasteiger partial charge in [0, 0.05) is 6.07 Å². The van der Waals surface area contributed by atoms with Gasteiger partial charge in [-0.2, -0.15) is 5.10 Å². The molecule has 0 radical (unpaired) electrons. The topological polar surface area (TPSA) is 118 Å². The molecule has 2 aromatic rings. The van der Waals surface area contributed by atoms with E-state index in [4.69, 9.17) is 0 Å². The molecule has 2 aliphatic rings. The molecule has 140 valence electrons. The second kappa shape index (κ2) is 6.11. The van der Waals surface area contributed by atoms with Crippen molar-refractivity contribution in [1.29, 1.82) is 0 Å². The van der Waals surface area contributed by atoms with Crippen molar-refractivity contribution in [1.82, 2.24) is 30.9 Å². The number of urea groups is 1. The van der Waals surface area contributed by atoms with Crippen LogP contribution in [0.25, 0.3) is 5.69 Å². The summed E-state index contributed by atoms with van der Waals surface area (Å²) in [5.41, 5.74) is -1.41. The number of benzene rings is 1. The van der Waals surface area contributed by atoms with Crippen LogP contribution in [0.15, 0.2) is 24.4 Å². The van der Waals surface area contributed by atoms with Crippen LogP contribution in [0.1, 0.15) is 23.3 Å². The second-order valence-electron chi connectivity index (χ2n) is 6.45. The smallest absolute Gasteiger partial charge is 0.322 e. The zero-order valence-electron chi connectivity index (χ0n) is 13.8. The zero-order valence-corrected chi connectivity index (χ0v) is 13.8. The predicted octanol–water partition coefficient (Wildman–Crippen LogP) is 0.263. The standard InChI is InChI=1S/C16H14F2N6O3/c17-9-3-4-12(10(18)5-9)24-20-6-11(23-24)13(25)19-7-16(8-1-2-8)14(26)21-15(27)22-16/h3-6,8H,1-2,7H2,(H,19,25)(H2,21,22,26,27)/t16-/m0/s1. The number of halogens is 2. The first-order valence-corrected chi connectivity index (χ1v) is 8.18. The summed E-state index contributed by atoms with van der Waals surface area (Å²) in [6.45, 7) is -0.105. The maximum atomic E-state index is 13.8. The molecule has 27 heavy (non-hydrogen) atoms. The summed E-state index contributed by atoms with van der Waals surface area (Å²) >= 11 is 0. The molecule has 0 bridgehead atoms. The Morgan fingerprint density at radius 1 is 1.33 bits per heavy atom. The first-order chi connectivity index (χ1) is 12.9. The predicted molar refractivity (Wildman–Crippen MR) is 85.7 cm³/mol. The lowest BCUT2D eigenvalue weighted by molar-refractivity contribution is -0.124. The zero-order chi connectivity index (χ0) is 19.2. The molecule has 1 atom stereocenters. The molecule has 1 saturated carbocycles. The lowest BCUT2D eigenvalue weighted by atomic mass is 9.93. The Morgan fingerprint density at radius 2 is 2.11 bits per heavy atom. The van der Waals surface area contributed by atoms with E-state index in [1.807, 2.05) is 0 Å². The quantitative estimate of drug-likeness (QED) is 0.647. The van der Waals surface area contributed by atoms with E-state index < -0.39 is 35.0 Å². The van der Waals surface area contributed by atoms with Gasteiger partial charge in [-0.3, -0.25) is 14.9 Å². The average Bonchev–Trinajstić information content (AvgIpc) is 3.28. The fourth-order valence-corrected chi connectivity index (χ4v) is 3.07. The minimum Gasteiger partial charge on any atom is -0.348 e. The van der Waals surface area contributed by atoms with Gasteiger partial charge in [0.05, 0.1) is 12.7 Å². The van der Waals surface area contributed by atoms with Gasteiger partial charge in [-0.15, -0.1) is 9.90 Å². The van der Waals surface area contributed by atoms with Gasteiger partial charge in [0.15, 0.2) is 11.5 Å². The Labute approximate surface area is 151 Å². The number of aromatic nitrogens is 3. The summed E-state index contributed by atoms with van der Waals surface area (Å²) in [5, 5.41) is 15.0. The second-order valence-corrected chi connectivity index (χ2v) is 6.45. The molecule has 9 nitrogen and oxygen atoms in total. The van der Waals surface area contributed by atoms with Crippen molar-refractivity contribution in [2.24, 2.45) is 5.92 Å². The molecule has 1 aliphatic carbocycles. The van der Waals surface area contributed by atoms with E-state index in [0.717, 1.165) is 36.0 Å². The van der Waals surface area contributed by atoms with Crippen molar-refractivity contribution in [2.75, 3.05) is 6.54 Å². The molecular formula is C16H14F2N6O3. The highest BCUT2D eigenvalue weighted by Gasteiger charge is 2.56. The summed E-state index contributed by atoms with van der Waals surface area (Å²) in [5.74, 6) is -2.79. The highest BCUT2D eigenvalue weighted by Crippen LogP contribution is 2.41. The summed E-state index contributed by atoms with van der Waals surface area (Å²) < 4.78 is 26.8. The normalized spacial score (nSPS) is 21.7. The van der Waals surface area contributed by atoms with Crippen molar-refractivity contribution in [3.05, 3.63) is 41.7 Å². The molecule has 3 N–H and O–H groups in total. The lowest BCUT2D eigenvalue weighted by Crippen LogP contribution is -2.57. The molecule has 2 heterocycles. The highest BCUT2D eigenvalue weighted by molar-refractivity contribution is 6.08. The van der Waals surface area contributed by atoms with Crippen LogP contribution in [-0.2, 0) is 4.79 Å². The number of nitrogens with zero attached hydrogens (tertiary/aromatic N) is 3. The molecule has 0 spiro atoms. The molecule has 1 aliphatic heterocycles. The number of nitrogens with one attached hydrogen (secondary N) is 3. The van der Waals surface area contributed by atoms with E-state index in [2.05, 4.69) is 26.1 Å². The van der Waals surface area contributed by atoms with Gasteiger partial charge in [-0.05, 0) is 30.9 Å². The van der Waals surface area contributed by atoms with Crippen LogP contribution in [0.4, 0.5) is 13.6 Å². The molecule has 1 saturated heterocycles. The maximum absolute atomic E-state index is 13.8. The lowest BCUT2D eigenvalue weighted by Gasteiger charge is -2.25. The Kier molecular flexibility index (Phi) is 3.86. The fourth-order valence-electron chi connectivity index (χ4n) is 3.07. The van der Waals surface area contributed by atoms with Crippen LogP contribution >= 0.6 is 0 Å². The van der Waals surface area contributed by atoms with E-state index in [1.165, 1.54) is 0 Å². The van der Waals surface area contributed by atoms with Crippen LogP contribution in [0, 0.1) is 17.6 Å². The van der Waals surface area contributed by atoms with Gasteiger partial charge in [-0.1, -0.05) is 0 Å². The molecule has 1 aromatic heterocycles. The van der Waals surface area contributed by atoms with Gasteiger partial charge >= 0.3 is 6.03 Å². The Balaban J connectivity index is 1.48. The van der Waals surface area contributed by atoms with Crippen LogP contribution < -0.4 is 16.0 Å². The number of carbonyl (C=O) groups excluding carboxylic acids is 3. The molecule has 0 unspecified atom stereocenters. The summed E-state index contributed by atoms with van der Waals surface area (Å²) in [6, 6.07) is 2.27. The van der Waals surface area contributed by atoms with Crippen molar-refractivity contribution in [2.45, 2.75) is 18.4 Å². The summed E-state index contributed by atoms with van der Waals surface area (Å²) in [7, 11) is 0. The molecule has 11 heteroatoms. The van der Waals surface area contributed by atoms with Crippen LogP contribution in [-0.4, -0.2) is 44.9 Å². The summed E-state index contributed by atoms with van der Waals surface area (Å²) in [4.78, 5) is 36.8. The monoisotopic (exact) mass is 376 g/mol. The molecule has 4 amide bonds. The number of amides is 4. The first-order valence-electron chi connectivity index (χ1n) is 8.18. The Hall–Kier alpha value is -3.37. The van der Waals surface area contributed by atoms with Crippen LogP contribution in [0.5, 0.6) is 0 Å². The van der Waals surface area contributed by atoms with Gasteiger partial charge in [0.25, 0.3) is 11.8 Å². The molecular weight excluding hydrogens is 362 g/mol. The average molecular weight is 376 g/mol. The van der Waals surface area contributed by atoms with Crippen molar-refractivity contribution in [3.8, 4) is 5.69 Å². The van der Waals surface area contributed by atoms with Gasteiger partial charge in [0.2, 0.25) is 0 Å². The third kappa shape index (κ3) is 3.00. The van der Waals surface area contributed by atoms with E-state index in [1.54, 1.807) is 0 Å². The minimum absolute atomic E-state index is 0.0479. The SMILES string of the molecule is O=C1NC(=O)[C@](CNC(=O)c2cnn(-c3ccc(F)cc3F)n2)(C2CC2)N1. The molecule has 4 rings (SSSR count). The number of carbonyl (C=O) groups is 3. The maximum Gasteiger partial charge on any atom is 0.322 e.